The zero-order valence-electron chi connectivity index (χ0n) is 20.4. The van der Waals surface area contributed by atoms with Crippen LogP contribution >= 0.6 is 11.8 Å². The van der Waals surface area contributed by atoms with Crippen molar-refractivity contribution in [3.05, 3.63) is 71.1 Å². The standard InChI is InChI=1S/C24H21F3N2O8S2/c1-13-7-6-10-16(14(13)2)36-23(32)20-17(37-39(33,34)24(25,26)27)12-38-22-19(21(31)29(20)22)28-18(30)11-35-15-8-4-3-5-9-15/h3-10,19,22H,11-12H2,1-2H3,(H,28,30)/t19?,22-/m1/s1. The van der Waals surface area contributed by atoms with Gasteiger partial charge in [-0.15, -0.1) is 11.8 Å². The third-order valence-electron chi connectivity index (χ3n) is 5.81. The number of benzene rings is 2. The lowest BCUT2D eigenvalue weighted by Gasteiger charge is -2.49. The van der Waals surface area contributed by atoms with E-state index in [1.807, 2.05) is 0 Å². The quantitative estimate of drug-likeness (QED) is 0.163. The summed E-state index contributed by atoms with van der Waals surface area (Å²) in [7, 11) is -6.16. The minimum absolute atomic E-state index is 0.0520. The minimum Gasteiger partial charge on any atom is -0.484 e. The number of fused-ring (bicyclic) bond motifs is 1. The van der Waals surface area contributed by atoms with Crippen LogP contribution in [0.5, 0.6) is 11.5 Å². The fraction of sp³-hybridized carbons (Fsp3) is 0.292. The molecule has 0 aromatic heterocycles. The Labute approximate surface area is 225 Å². The van der Waals surface area contributed by atoms with Gasteiger partial charge in [0.25, 0.3) is 11.8 Å². The molecule has 0 saturated carbocycles. The van der Waals surface area contributed by atoms with E-state index in [2.05, 4.69) is 9.50 Å². The van der Waals surface area contributed by atoms with Crippen molar-refractivity contribution in [2.75, 3.05) is 12.4 Å². The summed E-state index contributed by atoms with van der Waals surface area (Å²) in [6, 6.07) is 12.0. The van der Waals surface area contributed by atoms with E-state index in [9.17, 15) is 36.0 Å². The van der Waals surface area contributed by atoms with E-state index < -0.39 is 68.6 Å². The Bertz CT molecular complexity index is 1450. The van der Waals surface area contributed by atoms with Gasteiger partial charge in [0.2, 0.25) is 0 Å². The predicted octanol–water partition coefficient (Wildman–Crippen LogP) is 2.77. The average molecular weight is 587 g/mol. The van der Waals surface area contributed by atoms with E-state index in [0.29, 0.717) is 11.3 Å². The van der Waals surface area contributed by atoms with E-state index >= 15 is 0 Å². The molecule has 2 aromatic carbocycles. The van der Waals surface area contributed by atoms with Crippen molar-refractivity contribution in [1.29, 1.82) is 0 Å². The monoisotopic (exact) mass is 586 g/mol. The zero-order chi connectivity index (χ0) is 28.5. The van der Waals surface area contributed by atoms with Crippen molar-refractivity contribution in [2.45, 2.75) is 30.8 Å². The summed E-state index contributed by atoms with van der Waals surface area (Å²) in [6.07, 6.45) is 0. The van der Waals surface area contributed by atoms with Crippen molar-refractivity contribution in [3.8, 4) is 11.5 Å². The highest BCUT2D eigenvalue weighted by atomic mass is 32.2. The normalized spacial score (nSPS) is 19.1. The van der Waals surface area contributed by atoms with E-state index in [0.717, 1.165) is 22.2 Å². The summed E-state index contributed by atoms with van der Waals surface area (Å²) < 4.78 is 77.5. The molecule has 2 aromatic rings. The highest BCUT2D eigenvalue weighted by Crippen LogP contribution is 2.42. The smallest absolute Gasteiger partial charge is 0.484 e. The van der Waals surface area contributed by atoms with E-state index in [1.54, 1.807) is 56.3 Å². The van der Waals surface area contributed by atoms with Crippen LogP contribution in [0.2, 0.25) is 0 Å². The summed E-state index contributed by atoms with van der Waals surface area (Å²) in [5.74, 6) is -3.83. The average Bonchev–Trinajstić information content (AvgIpc) is 2.88. The van der Waals surface area contributed by atoms with Gasteiger partial charge in [0, 0.05) is 0 Å². The molecule has 2 amide bonds. The Kier molecular flexibility index (Phi) is 7.84. The first-order valence-corrected chi connectivity index (χ1v) is 13.7. The molecule has 39 heavy (non-hydrogen) atoms. The number of hydrogen-bond acceptors (Lipinski definition) is 9. The number of halogens is 3. The van der Waals surface area contributed by atoms with E-state index in [4.69, 9.17) is 9.47 Å². The molecule has 2 aliphatic rings. The Balaban J connectivity index is 1.57. The fourth-order valence-electron chi connectivity index (χ4n) is 3.69. The first-order chi connectivity index (χ1) is 18.3. The topological polar surface area (TPSA) is 128 Å². The Hall–Kier alpha value is -3.72. The largest absolute Gasteiger partial charge is 0.534 e. The molecule has 4 rings (SSSR count). The molecule has 2 aliphatic heterocycles. The van der Waals surface area contributed by atoms with Crippen molar-refractivity contribution in [1.82, 2.24) is 10.2 Å². The Morgan fingerprint density at radius 2 is 1.79 bits per heavy atom. The van der Waals surface area contributed by atoms with Gasteiger partial charge in [0.05, 0.1) is 5.75 Å². The van der Waals surface area contributed by atoms with Crippen LogP contribution in [0.1, 0.15) is 11.1 Å². The molecule has 15 heteroatoms. The van der Waals surface area contributed by atoms with Gasteiger partial charge in [0.1, 0.15) is 22.9 Å². The van der Waals surface area contributed by atoms with Gasteiger partial charge in [-0.3, -0.25) is 14.5 Å². The third-order valence-corrected chi connectivity index (χ3v) is 8.05. The minimum atomic E-state index is -6.16. The number of amides is 2. The van der Waals surface area contributed by atoms with Crippen LogP contribution in [-0.4, -0.2) is 60.4 Å². The van der Waals surface area contributed by atoms with Crippen molar-refractivity contribution in [2.24, 2.45) is 0 Å². The SMILES string of the molecule is Cc1cccc(OC(=O)C2=C(OS(=O)(=O)C(F)(F)F)CS[C@@H]3C(NC(=O)COc4ccccc4)C(=O)N23)c1C. The van der Waals surface area contributed by atoms with Crippen LogP contribution in [0.4, 0.5) is 13.2 Å². The predicted molar refractivity (Wildman–Crippen MR) is 132 cm³/mol. The van der Waals surface area contributed by atoms with Crippen LogP contribution < -0.4 is 14.8 Å². The summed E-state index contributed by atoms with van der Waals surface area (Å²) in [5.41, 5.74) is -5.30. The molecule has 0 radical (unpaired) electrons. The molecule has 208 valence electrons. The number of ether oxygens (including phenoxy) is 2. The number of aryl methyl sites for hydroxylation is 1. The van der Waals surface area contributed by atoms with Gasteiger partial charge >= 0.3 is 21.6 Å². The highest BCUT2D eigenvalue weighted by Gasteiger charge is 2.57. The van der Waals surface area contributed by atoms with Crippen LogP contribution in [0.15, 0.2) is 60.0 Å². The first-order valence-electron chi connectivity index (χ1n) is 11.2. The second kappa shape index (κ2) is 10.8. The van der Waals surface area contributed by atoms with Crippen LogP contribution in [0.25, 0.3) is 0 Å². The molecule has 1 saturated heterocycles. The van der Waals surface area contributed by atoms with Crippen molar-refractivity contribution in [3.63, 3.8) is 0 Å². The number of carbonyl (C=O) groups excluding carboxylic acids is 3. The molecular weight excluding hydrogens is 565 g/mol. The number of nitrogens with zero attached hydrogens (tertiary/aromatic N) is 1. The van der Waals surface area contributed by atoms with Gasteiger partial charge in [-0.1, -0.05) is 30.3 Å². The summed E-state index contributed by atoms with van der Waals surface area (Å²) in [6.45, 7) is 2.94. The van der Waals surface area contributed by atoms with E-state index in [-0.39, 0.29) is 5.75 Å². The molecule has 10 nitrogen and oxygen atoms in total. The van der Waals surface area contributed by atoms with Crippen LogP contribution in [0.3, 0.4) is 0 Å². The molecular formula is C24H21F3N2O8S2. The molecule has 0 spiro atoms. The Morgan fingerprint density at radius 1 is 1.10 bits per heavy atom. The molecule has 0 aliphatic carbocycles. The number of hydrogen-bond donors (Lipinski definition) is 1. The second-order valence-electron chi connectivity index (χ2n) is 8.40. The number of para-hydroxylation sites is 1. The maximum absolute atomic E-state index is 13.2. The molecule has 0 bridgehead atoms. The number of nitrogens with one attached hydrogen (secondary N) is 1. The number of thioether (sulfide) groups is 1. The van der Waals surface area contributed by atoms with Gasteiger partial charge < -0.3 is 19.0 Å². The van der Waals surface area contributed by atoms with Crippen LogP contribution in [-0.2, 0) is 28.7 Å². The number of esters is 1. The molecule has 2 atom stereocenters. The molecule has 1 N–H and O–H groups in total. The molecule has 1 fully saturated rings. The van der Waals surface area contributed by atoms with Gasteiger partial charge in [-0.25, -0.2) is 4.79 Å². The fourth-order valence-corrected chi connectivity index (χ4v) is 5.51. The van der Waals surface area contributed by atoms with Gasteiger partial charge in [-0.2, -0.15) is 21.6 Å². The number of alkyl halides is 3. The first kappa shape index (κ1) is 28.3. The van der Waals surface area contributed by atoms with Crippen LogP contribution in [0, 0.1) is 13.8 Å². The van der Waals surface area contributed by atoms with Gasteiger partial charge in [0.15, 0.2) is 18.1 Å². The molecule has 2 heterocycles. The second-order valence-corrected chi connectivity index (χ2v) is 11.0. The maximum Gasteiger partial charge on any atom is 0.534 e. The summed E-state index contributed by atoms with van der Waals surface area (Å²) in [4.78, 5) is 39.3. The summed E-state index contributed by atoms with van der Waals surface area (Å²) in [5, 5.41) is 1.51. The highest BCUT2D eigenvalue weighted by molar-refractivity contribution is 8.00. The molecule has 1 unspecified atom stereocenters. The number of β-lactam (4-membered cyclic amide) rings is 1. The maximum atomic E-state index is 13.2. The lowest BCUT2D eigenvalue weighted by Crippen LogP contribution is -2.71. The summed E-state index contributed by atoms with van der Waals surface area (Å²) >= 11 is 0.801. The van der Waals surface area contributed by atoms with E-state index in [1.165, 1.54) is 6.07 Å². The number of carbonyl (C=O) groups is 3. The lowest BCUT2D eigenvalue weighted by molar-refractivity contribution is -0.150. The Morgan fingerprint density at radius 3 is 2.46 bits per heavy atom. The number of rotatable bonds is 8. The van der Waals surface area contributed by atoms with Crippen molar-refractivity contribution >= 4 is 39.7 Å². The van der Waals surface area contributed by atoms with Crippen molar-refractivity contribution < 1.29 is 49.6 Å². The van der Waals surface area contributed by atoms with Gasteiger partial charge in [-0.05, 0) is 43.2 Å². The third kappa shape index (κ3) is 5.83. The zero-order valence-corrected chi connectivity index (χ0v) is 22.0. The lowest BCUT2D eigenvalue weighted by atomic mass is 10.0.